The van der Waals surface area contributed by atoms with E-state index in [4.69, 9.17) is 0 Å². The lowest BCUT2D eigenvalue weighted by Gasteiger charge is -2.31. The van der Waals surface area contributed by atoms with Gasteiger partial charge < -0.3 is 15.5 Å². The Morgan fingerprint density at radius 3 is 2.45 bits per heavy atom. The largest absolute Gasteiger partial charge is 0.365 e. The van der Waals surface area contributed by atoms with Crippen molar-refractivity contribution in [2.24, 2.45) is 0 Å². The van der Waals surface area contributed by atoms with Crippen LogP contribution in [-0.2, 0) is 27.7 Å². The summed E-state index contributed by atoms with van der Waals surface area (Å²) in [5.41, 5.74) is 1.76. The van der Waals surface area contributed by atoms with Crippen LogP contribution in [0.25, 0.3) is 0 Å². The zero-order valence-electron chi connectivity index (χ0n) is 21.5. The predicted octanol–water partition coefficient (Wildman–Crippen LogP) is 1.07. The van der Waals surface area contributed by atoms with Crippen molar-refractivity contribution in [1.82, 2.24) is 25.8 Å². The van der Waals surface area contributed by atoms with Gasteiger partial charge in [0.1, 0.15) is 0 Å². The number of hydrogen-bond acceptors (Lipinski definition) is 8. The average Bonchev–Trinajstić information content (AvgIpc) is 3.43. The molecule has 3 aliphatic heterocycles. The minimum absolute atomic E-state index is 0.0515. The van der Waals surface area contributed by atoms with Crippen LogP contribution in [0.5, 0.6) is 0 Å². The number of imide groups is 1. The molecule has 0 saturated carbocycles. The van der Waals surface area contributed by atoms with Gasteiger partial charge in [-0.25, -0.2) is 13.2 Å². The Morgan fingerprint density at radius 1 is 1.00 bits per heavy atom. The SMILES string of the molecule is O=C1NC(=O)C2(CN(Cc3ccncc3)CC2NC(=O)c2ccc(CN3CCS(=O)(=O)c4ccccc43)cc2)N1. The molecule has 12 heteroatoms. The molecular formula is C28H28N6O5S. The van der Waals surface area contributed by atoms with Crippen LogP contribution in [0.3, 0.4) is 0 Å². The number of sulfone groups is 1. The van der Waals surface area contributed by atoms with Crippen LogP contribution in [0.15, 0.2) is 78.0 Å². The summed E-state index contributed by atoms with van der Waals surface area (Å²) >= 11 is 0. The number of likely N-dealkylation sites (tertiary alicyclic amines) is 1. The Labute approximate surface area is 231 Å². The van der Waals surface area contributed by atoms with Gasteiger partial charge >= 0.3 is 6.03 Å². The highest BCUT2D eigenvalue weighted by atomic mass is 32.2. The van der Waals surface area contributed by atoms with E-state index in [1.54, 1.807) is 42.7 Å². The van der Waals surface area contributed by atoms with Gasteiger partial charge in [0.25, 0.3) is 11.8 Å². The van der Waals surface area contributed by atoms with E-state index in [1.165, 1.54) is 0 Å². The molecule has 4 amide bonds. The summed E-state index contributed by atoms with van der Waals surface area (Å²) < 4.78 is 24.9. The number of amides is 4. The highest BCUT2D eigenvalue weighted by molar-refractivity contribution is 7.91. The van der Waals surface area contributed by atoms with Gasteiger partial charge in [-0.2, -0.15) is 0 Å². The second-order valence-corrected chi connectivity index (χ2v) is 12.4. The second-order valence-electron chi connectivity index (χ2n) is 10.3. The third-order valence-corrected chi connectivity index (χ3v) is 9.43. The van der Waals surface area contributed by atoms with E-state index in [9.17, 15) is 22.8 Å². The number of urea groups is 1. The molecule has 0 aliphatic carbocycles. The molecule has 2 aromatic carbocycles. The van der Waals surface area contributed by atoms with Crippen LogP contribution >= 0.6 is 0 Å². The van der Waals surface area contributed by atoms with Gasteiger partial charge in [-0.1, -0.05) is 24.3 Å². The quantitative estimate of drug-likeness (QED) is 0.381. The third kappa shape index (κ3) is 4.80. The Morgan fingerprint density at radius 2 is 1.73 bits per heavy atom. The van der Waals surface area contributed by atoms with Crippen molar-refractivity contribution >= 4 is 33.4 Å². The Bertz CT molecular complexity index is 1580. The molecule has 0 bridgehead atoms. The van der Waals surface area contributed by atoms with Crippen LogP contribution in [-0.4, -0.2) is 73.1 Å². The Kier molecular flexibility index (Phi) is 6.51. The zero-order valence-corrected chi connectivity index (χ0v) is 22.4. The summed E-state index contributed by atoms with van der Waals surface area (Å²) in [4.78, 5) is 46.6. The first-order valence-electron chi connectivity index (χ1n) is 12.9. The van der Waals surface area contributed by atoms with Crippen molar-refractivity contribution < 1.29 is 22.8 Å². The number of rotatable bonds is 6. The molecule has 1 spiro atoms. The van der Waals surface area contributed by atoms with Gasteiger partial charge in [-0.05, 0) is 47.5 Å². The van der Waals surface area contributed by atoms with E-state index in [2.05, 4.69) is 20.9 Å². The molecular weight excluding hydrogens is 532 g/mol. The smallest absolute Gasteiger partial charge is 0.322 e. The number of nitrogens with one attached hydrogen (secondary N) is 3. The fourth-order valence-electron chi connectivity index (χ4n) is 5.67. The lowest BCUT2D eigenvalue weighted by molar-refractivity contribution is -0.124. The maximum absolute atomic E-state index is 13.3. The van der Waals surface area contributed by atoms with Crippen molar-refractivity contribution in [3.05, 3.63) is 89.7 Å². The lowest BCUT2D eigenvalue weighted by Crippen LogP contribution is -2.62. The van der Waals surface area contributed by atoms with Crippen molar-refractivity contribution in [3.8, 4) is 0 Å². The van der Waals surface area contributed by atoms with Crippen LogP contribution in [0.2, 0.25) is 0 Å². The standard InChI is InChI=1S/C28H28N6O5S/c35-25(21-7-5-19(6-8-21)16-34-13-14-40(38,39)23-4-2-1-3-22(23)34)30-24-17-33(15-20-9-11-29-12-10-20)18-28(24)26(36)31-27(37)32-28/h1-12,24H,13-18H2,(H,30,35)(H2,31,32,36,37). The van der Waals surface area contributed by atoms with Crippen LogP contribution in [0.4, 0.5) is 10.5 Å². The first-order chi connectivity index (χ1) is 19.2. The van der Waals surface area contributed by atoms with Crippen molar-refractivity contribution in [2.75, 3.05) is 30.3 Å². The Balaban J connectivity index is 1.16. The Hall–Kier alpha value is -4.29. The number of aromatic nitrogens is 1. The van der Waals surface area contributed by atoms with Gasteiger partial charge in [0, 0.05) is 50.7 Å². The van der Waals surface area contributed by atoms with E-state index in [0.717, 1.165) is 11.1 Å². The zero-order chi connectivity index (χ0) is 27.9. The molecule has 2 saturated heterocycles. The fourth-order valence-corrected chi connectivity index (χ4v) is 7.15. The van der Waals surface area contributed by atoms with Gasteiger partial charge in [-0.15, -0.1) is 0 Å². The molecule has 206 valence electrons. The molecule has 0 radical (unpaired) electrons. The minimum Gasteiger partial charge on any atom is -0.365 e. The van der Waals surface area contributed by atoms with Gasteiger partial charge in [0.05, 0.1) is 22.4 Å². The molecule has 3 aromatic rings. The molecule has 4 heterocycles. The number of pyridine rings is 1. The summed E-state index contributed by atoms with van der Waals surface area (Å²) in [6.07, 6.45) is 3.39. The monoisotopic (exact) mass is 560 g/mol. The van der Waals surface area contributed by atoms with Gasteiger partial charge in [-0.3, -0.25) is 24.8 Å². The topological polar surface area (TPSA) is 141 Å². The third-order valence-electron chi connectivity index (χ3n) is 7.70. The molecule has 2 fully saturated rings. The van der Waals surface area contributed by atoms with Crippen LogP contribution in [0.1, 0.15) is 21.5 Å². The number of carbonyl (C=O) groups is 3. The van der Waals surface area contributed by atoms with E-state index in [1.807, 2.05) is 40.1 Å². The number of carbonyl (C=O) groups excluding carboxylic acids is 3. The molecule has 40 heavy (non-hydrogen) atoms. The van der Waals surface area contributed by atoms with E-state index in [-0.39, 0.29) is 18.2 Å². The number of anilines is 1. The minimum atomic E-state index is -3.29. The maximum atomic E-state index is 13.3. The van der Waals surface area contributed by atoms with E-state index in [0.29, 0.717) is 42.3 Å². The number of nitrogens with zero attached hydrogens (tertiary/aromatic N) is 3. The van der Waals surface area contributed by atoms with Crippen LogP contribution < -0.4 is 20.9 Å². The maximum Gasteiger partial charge on any atom is 0.322 e. The van der Waals surface area contributed by atoms with Gasteiger partial charge in [0.15, 0.2) is 15.4 Å². The molecule has 11 nitrogen and oxygen atoms in total. The van der Waals surface area contributed by atoms with E-state index < -0.39 is 33.4 Å². The average molecular weight is 561 g/mol. The highest BCUT2D eigenvalue weighted by Crippen LogP contribution is 2.31. The summed E-state index contributed by atoms with van der Waals surface area (Å²) in [6, 6.07) is 16.6. The predicted molar refractivity (Wildman–Crippen MR) is 146 cm³/mol. The number of para-hydroxylation sites is 1. The molecule has 2 unspecified atom stereocenters. The first kappa shape index (κ1) is 26.0. The lowest BCUT2D eigenvalue weighted by atomic mass is 9.93. The van der Waals surface area contributed by atoms with E-state index >= 15 is 0 Å². The van der Waals surface area contributed by atoms with Crippen molar-refractivity contribution in [1.29, 1.82) is 0 Å². The molecule has 1 aromatic heterocycles. The van der Waals surface area contributed by atoms with Gasteiger partial charge in [0.2, 0.25) is 0 Å². The number of fused-ring (bicyclic) bond motifs is 1. The summed E-state index contributed by atoms with van der Waals surface area (Å²) in [7, 11) is -3.29. The van der Waals surface area contributed by atoms with Crippen molar-refractivity contribution in [2.45, 2.75) is 29.6 Å². The molecule has 2 atom stereocenters. The fraction of sp³-hybridized carbons (Fsp3) is 0.286. The summed E-state index contributed by atoms with van der Waals surface area (Å²) in [6.45, 7) is 2.04. The molecule has 3 aliphatic rings. The number of benzene rings is 2. The second kappa shape index (κ2) is 10.0. The van der Waals surface area contributed by atoms with Crippen molar-refractivity contribution in [3.63, 3.8) is 0 Å². The highest BCUT2D eigenvalue weighted by Gasteiger charge is 2.57. The molecule has 6 rings (SSSR count). The summed E-state index contributed by atoms with van der Waals surface area (Å²) in [5, 5.41) is 8.04. The molecule has 3 N–H and O–H groups in total. The van der Waals surface area contributed by atoms with Crippen LogP contribution in [0, 0.1) is 0 Å². The number of hydrogen-bond donors (Lipinski definition) is 3. The first-order valence-corrected chi connectivity index (χ1v) is 14.6. The summed E-state index contributed by atoms with van der Waals surface area (Å²) in [5.74, 6) is -0.764. The normalized spacial score (nSPS) is 23.5.